The highest BCUT2D eigenvalue weighted by atomic mass is 31.2. The lowest BCUT2D eigenvalue weighted by atomic mass is 9.97. The normalized spacial score (nSPS) is 28.7. The quantitative estimate of drug-likeness (QED) is 0.151. The van der Waals surface area contributed by atoms with Crippen molar-refractivity contribution in [2.45, 2.75) is 69.3 Å². The van der Waals surface area contributed by atoms with Crippen LogP contribution in [0.25, 0.3) is 0 Å². The number of amides is 1. The SMILES string of the molecule is C=CCCC(=O)N[C@@H]1[C@H](OP(=O)(Oc2ccc(OC)cc2)N2CCCC2C(=O)OCC)[C@H](O)[C@@H](CO)O[C@@H]1O. The van der Waals surface area contributed by atoms with Crippen LogP contribution in [0.15, 0.2) is 36.9 Å². The van der Waals surface area contributed by atoms with E-state index in [-0.39, 0.29) is 25.3 Å². The maximum Gasteiger partial charge on any atom is 0.462 e. The molecule has 1 amide bonds. The molecule has 2 fully saturated rings. The van der Waals surface area contributed by atoms with Crippen LogP contribution >= 0.6 is 7.75 Å². The number of carbonyl (C=O) groups excluding carboxylic acids is 2. The Morgan fingerprint density at radius 2 is 1.95 bits per heavy atom. The van der Waals surface area contributed by atoms with Crippen molar-refractivity contribution in [3.63, 3.8) is 0 Å². The number of aliphatic hydroxyl groups excluding tert-OH is 3. The third kappa shape index (κ3) is 7.57. The molecule has 39 heavy (non-hydrogen) atoms. The molecule has 1 aromatic rings. The second kappa shape index (κ2) is 14.2. The molecule has 3 rings (SSSR count). The van der Waals surface area contributed by atoms with E-state index < -0.39 is 62.9 Å². The molecule has 13 nitrogen and oxygen atoms in total. The molecule has 0 aliphatic carbocycles. The van der Waals surface area contributed by atoms with Crippen molar-refractivity contribution in [1.29, 1.82) is 0 Å². The van der Waals surface area contributed by atoms with Crippen LogP contribution in [0.2, 0.25) is 0 Å². The summed E-state index contributed by atoms with van der Waals surface area (Å²) in [6.07, 6.45) is -3.55. The first-order chi connectivity index (χ1) is 18.7. The van der Waals surface area contributed by atoms with E-state index in [1.54, 1.807) is 19.1 Å². The number of aliphatic hydroxyl groups is 3. The molecule has 0 radical (unpaired) electrons. The van der Waals surface area contributed by atoms with Gasteiger partial charge in [-0.05, 0) is 50.5 Å². The molecule has 0 aromatic heterocycles. The number of benzene rings is 1. The van der Waals surface area contributed by atoms with E-state index in [0.717, 1.165) is 0 Å². The highest BCUT2D eigenvalue weighted by molar-refractivity contribution is 7.51. The van der Waals surface area contributed by atoms with Gasteiger partial charge in [0.15, 0.2) is 6.29 Å². The average Bonchev–Trinajstić information content (AvgIpc) is 3.43. The van der Waals surface area contributed by atoms with Gasteiger partial charge in [0.25, 0.3) is 0 Å². The molecule has 7 atom stereocenters. The maximum absolute atomic E-state index is 14.6. The lowest BCUT2D eigenvalue weighted by Crippen LogP contribution is -2.65. The van der Waals surface area contributed by atoms with E-state index in [1.165, 1.54) is 30.0 Å². The molecule has 0 saturated carbocycles. The molecule has 2 saturated heterocycles. The Labute approximate surface area is 227 Å². The maximum atomic E-state index is 14.6. The molecular weight excluding hydrogens is 535 g/mol. The minimum Gasteiger partial charge on any atom is -0.497 e. The van der Waals surface area contributed by atoms with Crippen molar-refractivity contribution in [2.75, 3.05) is 26.9 Å². The van der Waals surface area contributed by atoms with E-state index in [1.807, 2.05) is 0 Å². The van der Waals surface area contributed by atoms with Gasteiger partial charge in [0.1, 0.15) is 41.9 Å². The first-order valence-electron chi connectivity index (χ1n) is 12.8. The minimum atomic E-state index is -4.50. The lowest BCUT2D eigenvalue weighted by Gasteiger charge is -2.44. The summed E-state index contributed by atoms with van der Waals surface area (Å²) in [5.74, 6) is -0.504. The van der Waals surface area contributed by atoms with E-state index in [4.69, 9.17) is 23.3 Å². The predicted octanol–water partition coefficient (Wildman–Crippen LogP) is 1.12. The van der Waals surface area contributed by atoms with Crippen LogP contribution in [0.5, 0.6) is 11.5 Å². The van der Waals surface area contributed by atoms with Gasteiger partial charge in [-0.3, -0.25) is 14.1 Å². The number of allylic oxidation sites excluding steroid dienone is 1. The highest BCUT2D eigenvalue weighted by Crippen LogP contribution is 2.57. The molecule has 2 unspecified atom stereocenters. The van der Waals surface area contributed by atoms with Crippen molar-refractivity contribution < 1.29 is 52.7 Å². The van der Waals surface area contributed by atoms with Crippen LogP contribution < -0.4 is 14.6 Å². The molecule has 0 bridgehead atoms. The number of hydrogen-bond acceptors (Lipinski definition) is 11. The number of rotatable bonds is 13. The lowest BCUT2D eigenvalue weighted by molar-refractivity contribution is -0.250. The van der Waals surface area contributed by atoms with Crippen LogP contribution in [-0.2, 0) is 28.2 Å². The zero-order chi connectivity index (χ0) is 28.6. The van der Waals surface area contributed by atoms with Gasteiger partial charge >= 0.3 is 13.7 Å². The summed E-state index contributed by atoms with van der Waals surface area (Å²) >= 11 is 0. The van der Waals surface area contributed by atoms with Crippen molar-refractivity contribution in [3.05, 3.63) is 36.9 Å². The molecule has 0 spiro atoms. The van der Waals surface area contributed by atoms with Gasteiger partial charge in [0, 0.05) is 13.0 Å². The molecule has 2 heterocycles. The number of ether oxygens (including phenoxy) is 3. The van der Waals surface area contributed by atoms with E-state index in [2.05, 4.69) is 11.9 Å². The molecule has 1 aromatic carbocycles. The summed E-state index contributed by atoms with van der Waals surface area (Å²) < 4.78 is 43.3. The van der Waals surface area contributed by atoms with Gasteiger partial charge < -0.3 is 39.4 Å². The number of methoxy groups -OCH3 is 1. The van der Waals surface area contributed by atoms with Gasteiger partial charge in [0.05, 0.1) is 20.3 Å². The van der Waals surface area contributed by atoms with Crippen LogP contribution in [-0.4, -0.2) is 95.4 Å². The van der Waals surface area contributed by atoms with Crippen molar-refractivity contribution in [3.8, 4) is 11.5 Å². The Morgan fingerprint density at radius 3 is 2.56 bits per heavy atom. The van der Waals surface area contributed by atoms with Gasteiger partial charge in [-0.1, -0.05) is 6.08 Å². The molecule has 14 heteroatoms. The van der Waals surface area contributed by atoms with Gasteiger partial charge in [-0.25, -0.2) is 4.57 Å². The van der Waals surface area contributed by atoms with E-state index in [0.29, 0.717) is 25.0 Å². The fourth-order valence-corrected chi connectivity index (χ4v) is 6.59. The van der Waals surface area contributed by atoms with Gasteiger partial charge in [-0.2, -0.15) is 4.67 Å². The van der Waals surface area contributed by atoms with Crippen LogP contribution in [0.3, 0.4) is 0 Å². The van der Waals surface area contributed by atoms with E-state index in [9.17, 15) is 29.5 Å². The highest BCUT2D eigenvalue weighted by Gasteiger charge is 2.54. The fraction of sp³-hybridized carbons (Fsp3) is 0.600. The fourth-order valence-electron chi connectivity index (χ4n) is 4.43. The molecule has 4 N–H and O–H groups in total. The Hall–Kier alpha value is -2.51. The Balaban J connectivity index is 2.00. The summed E-state index contributed by atoms with van der Waals surface area (Å²) in [5.41, 5.74) is 0. The summed E-state index contributed by atoms with van der Waals surface area (Å²) in [6.45, 7) is 4.76. The molecule has 218 valence electrons. The smallest absolute Gasteiger partial charge is 0.462 e. The van der Waals surface area contributed by atoms with Gasteiger partial charge in [0.2, 0.25) is 5.91 Å². The first kappa shape index (κ1) is 31.0. The Morgan fingerprint density at radius 1 is 1.26 bits per heavy atom. The summed E-state index contributed by atoms with van der Waals surface area (Å²) in [5, 5.41) is 33.9. The zero-order valence-corrected chi connectivity index (χ0v) is 22.9. The number of esters is 1. The summed E-state index contributed by atoms with van der Waals surface area (Å²) in [7, 11) is -3.02. The summed E-state index contributed by atoms with van der Waals surface area (Å²) in [6, 6.07) is 3.77. The first-order valence-corrected chi connectivity index (χ1v) is 14.3. The number of hydrogen-bond donors (Lipinski definition) is 4. The molecular formula is C25H37N2O11P. The number of nitrogens with zero attached hydrogens (tertiary/aromatic N) is 1. The predicted molar refractivity (Wildman–Crippen MR) is 138 cm³/mol. The Kier molecular flexibility index (Phi) is 11.3. The molecule has 2 aliphatic heterocycles. The number of nitrogens with one attached hydrogen (secondary N) is 1. The van der Waals surface area contributed by atoms with E-state index >= 15 is 0 Å². The van der Waals surface area contributed by atoms with Crippen LogP contribution in [0.4, 0.5) is 0 Å². The largest absolute Gasteiger partial charge is 0.497 e. The van der Waals surface area contributed by atoms with Crippen molar-refractivity contribution in [2.24, 2.45) is 0 Å². The zero-order valence-electron chi connectivity index (χ0n) is 22.0. The van der Waals surface area contributed by atoms with Crippen molar-refractivity contribution in [1.82, 2.24) is 9.99 Å². The number of carbonyl (C=O) groups is 2. The standard InChI is InChI=1S/C25H37N2O11P/c1-4-6-9-20(29)26-21-23(22(30)19(15-28)36-25(21)32)38-39(33,37-17-12-10-16(34-3)11-13-17)27-14-7-8-18(27)24(31)35-5-2/h4,10-13,18-19,21-23,25,28,30,32H,1,5-9,14-15H2,2-3H3,(H,26,29)/t18?,19-,21-,22-,23+,25+,39?/m1/s1. The minimum absolute atomic E-state index is 0.0238. The monoisotopic (exact) mass is 572 g/mol. The second-order valence-electron chi connectivity index (χ2n) is 9.04. The summed E-state index contributed by atoms with van der Waals surface area (Å²) in [4.78, 5) is 25.2. The topological polar surface area (TPSA) is 173 Å². The van der Waals surface area contributed by atoms with Crippen molar-refractivity contribution >= 4 is 19.6 Å². The average molecular weight is 573 g/mol. The van der Waals surface area contributed by atoms with Crippen LogP contribution in [0, 0.1) is 0 Å². The molecule has 2 aliphatic rings. The third-order valence-electron chi connectivity index (χ3n) is 6.41. The van der Waals surface area contributed by atoms with Gasteiger partial charge in [-0.15, -0.1) is 6.58 Å². The third-order valence-corrected chi connectivity index (χ3v) is 8.47. The second-order valence-corrected chi connectivity index (χ2v) is 10.9. The Bertz CT molecular complexity index is 1020. The van der Waals surface area contributed by atoms with Crippen LogP contribution in [0.1, 0.15) is 32.6 Å².